The molecular formula is C17H10BrF6NO2. The first-order valence-electron chi connectivity index (χ1n) is 7.47. The van der Waals surface area contributed by atoms with Crippen LogP contribution in [0.15, 0.2) is 40.9 Å². The molecule has 144 valence electrons. The molecule has 3 rings (SSSR count). The van der Waals surface area contributed by atoms with Crippen molar-refractivity contribution in [3.63, 3.8) is 0 Å². The van der Waals surface area contributed by atoms with E-state index in [9.17, 15) is 31.1 Å². The van der Waals surface area contributed by atoms with Crippen molar-refractivity contribution < 1.29 is 35.9 Å². The number of rotatable bonds is 3. The average molecular weight is 454 g/mol. The number of amides is 1. The maximum absolute atomic E-state index is 13.2. The van der Waals surface area contributed by atoms with Crippen LogP contribution in [-0.4, -0.2) is 17.2 Å². The third-order valence-electron chi connectivity index (χ3n) is 3.88. The minimum atomic E-state index is -4.82. The number of hydrogen-bond acceptors (Lipinski definition) is 2. The average Bonchev–Trinajstić information content (AvgIpc) is 2.82. The van der Waals surface area contributed by atoms with Crippen molar-refractivity contribution in [2.45, 2.75) is 25.6 Å². The van der Waals surface area contributed by atoms with Crippen LogP contribution < -0.4 is 4.74 Å². The van der Waals surface area contributed by atoms with Crippen LogP contribution in [0.4, 0.5) is 26.3 Å². The van der Waals surface area contributed by atoms with Gasteiger partial charge in [-0.3, -0.25) is 4.79 Å². The molecule has 0 aromatic heterocycles. The normalized spacial score (nSPS) is 14.5. The predicted molar refractivity (Wildman–Crippen MR) is 85.8 cm³/mol. The zero-order valence-electron chi connectivity index (χ0n) is 13.3. The number of benzene rings is 2. The van der Waals surface area contributed by atoms with Gasteiger partial charge in [-0.2, -0.15) is 13.2 Å². The number of hydrogen-bond donors (Lipinski definition) is 0. The summed E-state index contributed by atoms with van der Waals surface area (Å²) in [6.45, 7) is -0.0772. The van der Waals surface area contributed by atoms with E-state index in [0.29, 0.717) is 5.56 Å². The van der Waals surface area contributed by atoms with Crippen molar-refractivity contribution in [1.82, 2.24) is 4.90 Å². The lowest BCUT2D eigenvalue weighted by atomic mass is 10.0. The summed E-state index contributed by atoms with van der Waals surface area (Å²) in [6.07, 6.45) is -9.51. The zero-order valence-corrected chi connectivity index (χ0v) is 14.9. The Balaban J connectivity index is 1.81. The molecule has 0 radical (unpaired) electrons. The van der Waals surface area contributed by atoms with Gasteiger partial charge >= 0.3 is 12.5 Å². The lowest BCUT2D eigenvalue weighted by molar-refractivity contribution is -0.274. The quantitative estimate of drug-likeness (QED) is 0.572. The molecule has 0 saturated carbocycles. The van der Waals surface area contributed by atoms with E-state index in [-0.39, 0.29) is 23.1 Å². The summed E-state index contributed by atoms with van der Waals surface area (Å²) in [7, 11) is 0. The van der Waals surface area contributed by atoms with Crippen LogP contribution in [0.25, 0.3) is 0 Å². The van der Waals surface area contributed by atoms with Gasteiger partial charge in [-0.1, -0.05) is 28.1 Å². The molecule has 27 heavy (non-hydrogen) atoms. The third kappa shape index (κ3) is 4.37. The number of carbonyl (C=O) groups excluding carboxylic acids is 1. The van der Waals surface area contributed by atoms with Crippen LogP contribution >= 0.6 is 15.9 Å². The van der Waals surface area contributed by atoms with E-state index in [4.69, 9.17) is 0 Å². The van der Waals surface area contributed by atoms with Crippen LogP contribution in [0.2, 0.25) is 0 Å². The lowest BCUT2D eigenvalue weighted by Gasteiger charge is -2.17. The van der Waals surface area contributed by atoms with E-state index in [2.05, 4.69) is 20.7 Å². The Morgan fingerprint density at radius 3 is 2.22 bits per heavy atom. The summed E-state index contributed by atoms with van der Waals surface area (Å²) < 4.78 is 80.2. The van der Waals surface area contributed by atoms with Gasteiger partial charge in [0.15, 0.2) is 0 Å². The highest BCUT2D eigenvalue weighted by molar-refractivity contribution is 9.10. The molecule has 3 nitrogen and oxygen atoms in total. The SMILES string of the molecule is O=C1c2c(cc(Br)cc2C(F)(F)F)CN1Cc1ccc(OC(F)(F)F)cc1. The molecule has 0 saturated heterocycles. The fourth-order valence-electron chi connectivity index (χ4n) is 2.84. The highest BCUT2D eigenvalue weighted by Gasteiger charge is 2.41. The monoisotopic (exact) mass is 453 g/mol. The molecular weight excluding hydrogens is 444 g/mol. The van der Waals surface area contributed by atoms with Gasteiger partial charge in [-0.15, -0.1) is 13.2 Å². The van der Waals surface area contributed by atoms with Crippen molar-refractivity contribution in [3.8, 4) is 5.75 Å². The number of alkyl halides is 6. The first-order valence-corrected chi connectivity index (χ1v) is 8.27. The minimum Gasteiger partial charge on any atom is -0.406 e. The molecule has 0 N–H and O–H groups in total. The zero-order chi connectivity index (χ0) is 20.0. The molecule has 1 amide bonds. The number of halogens is 7. The summed E-state index contributed by atoms with van der Waals surface area (Å²) in [5.41, 5.74) is -0.729. The van der Waals surface area contributed by atoms with Gasteiger partial charge in [0, 0.05) is 17.6 Å². The third-order valence-corrected chi connectivity index (χ3v) is 4.34. The van der Waals surface area contributed by atoms with Crippen LogP contribution in [0.5, 0.6) is 5.75 Å². The van der Waals surface area contributed by atoms with E-state index in [1.54, 1.807) is 0 Å². The Bertz CT molecular complexity index is 877. The fourth-order valence-corrected chi connectivity index (χ4v) is 3.35. The van der Waals surface area contributed by atoms with Gasteiger partial charge in [-0.25, -0.2) is 0 Å². The van der Waals surface area contributed by atoms with Crippen molar-refractivity contribution in [3.05, 3.63) is 63.1 Å². The second kappa shape index (κ2) is 6.74. The highest BCUT2D eigenvalue weighted by Crippen LogP contribution is 2.39. The topological polar surface area (TPSA) is 29.5 Å². The van der Waals surface area contributed by atoms with Gasteiger partial charge in [-0.05, 0) is 35.4 Å². The van der Waals surface area contributed by atoms with E-state index < -0.39 is 35.3 Å². The van der Waals surface area contributed by atoms with Crippen molar-refractivity contribution in [1.29, 1.82) is 0 Å². The fraction of sp³-hybridized carbons (Fsp3) is 0.235. The molecule has 0 atom stereocenters. The van der Waals surface area contributed by atoms with Crippen molar-refractivity contribution in [2.75, 3.05) is 0 Å². The summed E-state index contributed by atoms with van der Waals surface area (Å²) in [5, 5.41) is 0. The largest absolute Gasteiger partial charge is 0.573 e. The first-order chi connectivity index (χ1) is 12.4. The van der Waals surface area contributed by atoms with E-state index in [1.165, 1.54) is 23.1 Å². The van der Waals surface area contributed by atoms with Gasteiger partial charge in [0.2, 0.25) is 0 Å². The van der Waals surface area contributed by atoms with Crippen LogP contribution in [-0.2, 0) is 19.3 Å². The Morgan fingerprint density at radius 1 is 1.04 bits per heavy atom. The number of nitrogens with zero attached hydrogens (tertiary/aromatic N) is 1. The van der Waals surface area contributed by atoms with Crippen LogP contribution in [0.1, 0.15) is 27.0 Å². The second-order valence-electron chi connectivity index (χ2n) is 5.84. The van der Waals surface area contributed by atoms with E-state index >= 15 is 0 Å². The van der Waals surface area contributed by atoms with Gasteiger partial charge < -0.3 is 9.64 Å². The molecule has 0 spiro atoms. The van der Waals surface area contributed by atoms with Gasteiger partial charge in [0.1, 0.15) is 5.75 Å². The molecule has 2 aromatic carbocycles. The molecule has 0 fully saturated rings. The van der Waals surface area contributed by atoms with Crippen LogP contribution in [0, 0.1) is 0 Å². The molecule has 1 heterocycles. The number of carbonyl (C=O) groups is 1. The summed E-state index contributed by atoms with van der Waals surface area (Å²) in [4.78, 5) is 13.7. The maximum atomic E-state index is 13.2. The Labute approximate surface area is 157 Å². The van der Waals surface area contributed by atoms with Crippen molar-refractivity contribution in [2.24, 2.45) is 0 Å². The summed E-state index contributed by atoms with van der Waals surface area (Å²) >= 11 is 3.01. The molecule has 0 bridgehead atoms. The predicted octanol–water partition coefficient (Wildman–Crippen LogP) is 5.52. The number of ether oxygens (including phenoxy) is 1. The summed E-state index contributed by atoms with van der Waals surface area (Å²) in [5.74, 6) is -1.20. The molecule has 0 unspecified atom stereocenters. The first kappa shape index (κ1) is 19.5. The molecule has 1 aliphatic rings. The van der Waals surface area contributed by atoms with Gasteiger partial charge in [0.25, 0.3) is 5.91 Å². The van der Waals surface area contributed by atoms with E-state index in [0.717, 1.165) is 18.2 Å². The standard InChI is InChI=1S/C17H10BrF6NO2/c18-11-5-10-8-25(15(26)14(10)13(6-11)16(19,20)21)7-9-1-3-12(4-2-9)27-17(22,23)24/h1-6H,7-8H2. The second-order valence-corrected chi connectivity index (χ2v) is 6.75. The highest BCUT2D eigenvalue weighted by atomic mass is 79.9. The van der Waals surface area contributed by atoms with Crippen LogP contribution in [0.3, 0.4) is 0 Å². The molecule has 10 heteroatoms. The van der Waals surface area contributed by atoms with Gasteiger partial charge in [0.05, 0.1) is 11.1 Å². The molecule has 2 aromatic rings. The molecule has 0 aliphatic carbocycles. The Hall–Kier alpha value is -2.23. The lowest BCUT2D eigenvalue weighted by Crippen LogP contribution is -2.24. The Kier molecular flexibility index (Phi) is 4.87. The summed E-state index contributed by atoms with van der Waals surface area (Å²) in [6, 6.07) is 7.09. The minimum absolute atomic E-state index is 0.0303. The smallest absolute Gasteiger partial charge is 0.406 e. The maximum Gasteiger partial charge on any atom is 0.573 e. The van der Waals surface area contributed by atoms with E-state index in [1.807, 2.05) is 0 Å². The molecule has 1 aliphatic heterocycles. The Morgan fingerprint density at radius 2 is 1.67 bits per heavy atom. The number of fused-ring (bicyclic) bond motifs is 1. The van der Waals surface area contributed by atoms with Crippen molar-refractivity contribution >= 4 is 21.8 Å².